The van der Waals surface area contributed by atoms with Gasteiger partial charge in [0, 0.05) is 6.42 Å². The molecule has 1 spiro atoms. The van der Waals surface area contributed by atoms with E-state index in [9.17, 15) is 24.9 Å². The van der Waals surface area contributed by atoms with E-state index < -0.39 is 28.7 Å². The summed E-state index contributed by atoms with van der Waals surface area (Å²) in [4.78, 5) is 25.5. The van der Waals surface area contributed by atoms with Crippen LogP contribution in [0.3, 0.4) is 0 Å². The van der Waals surface area contributed by atoms with E-state index >= 15 is 0 Å². The first kappa shape index (κ1) is 22.7. The second-order valence-electron chi connectivity index (χ2n) is 12.4. The molecule has 0 radical (unpaired) electrons. The molecule has 0 aromatic carbocycles. The lowest BCUT2D eigenvalue weighted by Gasteiger charge is -2.61. The molecule has 7 nitrogen and oxygen atoms in total. The maximum Gasteiger partial charge on any atom is 0.373 e. The average Bonchev–Trinajstić information content (AvgIpc) is 3.46. The number of aliphatic hydroxyl groups excluding tert-OH is 2. The third kappa shape index (κ3) is 2.39. The summed E-state index contributed by atoms with van der Waals surface area (Å²) in [6.07, 6.45) is 5.92. The third-order valence-electron chi connectivity index (χ3n) is 11.5. The molecule has 2 aliphatic heterocycles. The van der Waals surface area contributed by atoms with Crippen LogP contribution >= 0.6 is 0 Å². The van der Waals surface area contributed by atoms with Gasteiger partial charge in [-0.3, -0.25) is 4.79 Å². The van der Waals surface area contributed by atoms with E-state index in [0.717, 1.165) is 19.3 Å². The van der Waals surface area contributed by atoms with Gasteiger partial charge in [0.05, 0.1) is 17.1 Å². The molecule has 6 aliphatic rings. The first-order chi connectivity index (χ1) is 15.9. The summed E-state index contributed by atoms with van der Waals surface area (Å²) in [5.74, 6) is -0.907. The summed E-state index contributed by atoms with van der Waals surface area (Å²) in [6.45, 7) is 7.99. The molecule has 0 bridgehead atoms. The highest BCUT2D eigenvalue weighted by Crippen LogP contribution is 2.74. The standard InChI is InChI=1S/C27H36O7/c1-13-11-18(33-23(31)22(13)30)14(2)15-8-10-26(32)17-12-21-27(34-21)20(29)6-5-19(28)25(27,4)16(17)7-9-24(15,26)3/h5-6,14-18,20-21,29-30,32H,7-12H2,1-4H3/t14-,15-,16+,17-,18-,20+,21-,24-,25+,26-,27-/m1/s1. The van der Waals surface area contributed by atoms with Crippen LogP contribution in [0.4, 0.5) is 0 Å². The largest absolute Gasteiger partial charge is 0.502 e. The van der Waals surface area contributed by atoms with Gasteiger partial charge in [0.2, 0.25) is 5.76 Å². The van der Waals surface area contributed by atoms with E-state index in [0.29, 0.717) is 24.8 Å². The van der Waals surface area contributed by atoms with Crippen LogP contribution in [0, 0.1) is 34.5 Å². The van der Waals surface area contributed by atoms with Crippen molar-refractivity contribution in [2.24, 2.45) is 34.5 Å². The Balaban J connectivity index is 1.32. The quantitative estimate of drug-likeness (QED) is 0.418. The van der Waals surface area contributed by atoms with Crippen molar-refractivity contribution >= 4 is 11.8 Å². The van der Waals surface area contributed by atoms with Gasteiger partial charge in [0.15, 0.2) is 5.78 Å². The number of carbonyl (C=O) groups excluding carboxylic acids is 2. The van der Waals surface area contributed by atoms with E-state index in [1.807, 2.05) is 6.92 Å². The van der Waals surface area contributed by atoms with Gasteiger partial charge in [-0.1, -0.05) is 13.8 Å². The Morgan fingerprint density at radius 3 is 2.59 bits per heavy atom. The monoisotopic (exact) mass is 472 g/mol. The number of ether oxygens (including phenoxy) is 2. The lowest BCUT2D eigenvalue weighted by Crippen LogP contribution is -2.68. The Bertz CT molecular complexity index is 1030. The van der Waals surface area contributed by atoms with Crippen LogP contribution in [0.5, 0.6) is 0 Å². The summed E-state index contributed by atoms with van der Waals surface area (Å²) >= 11 is 0. The number of cyclic esters (lactones) is 1. The number of esters is 1. The molecule has 6 rings (SSSR count). The fourth-order valence-corrected chi connectivity index (χ4v) is 9.39. The Morgan fingerprint density at radius 2 is 1.88 bits per heavy atom. The summed E-state index contributed by atoms with van der Waals surface area (Å²) in [5.41, 5.74) is -2.37. The topological polar surface area (TPSA) is 117 Å². The van der Waals surface area contributed by atoms with Crippen LogP contribution < -0.4 is 0 Å². The summed E-state index contributed by atoms with van der Waals surface area (Å²) in [5, 5.41) is 33.1. The number of hydrogen-bond acceptors (Lipinski definition) is 7. The molecule has 186 valence electrons. The van der Waals surface area contributed by atoms with Crippen LogP contribution in [0.1, 0.15) is 66.2 Å². The van der Waals surface area contributed by atoms with Crippen molar-refractivity contribution in [1.29, 1.82) is 0 Å². The highest BCUT2D eigenvalue weighted by Gasteiger charge is 2.82. The molecule has 0 aromatic rings. The molecular formula is C27H36O7. The first-order valence-electron chi connectivity index (χ1n) is 12.8. The fourth-order valence-electron chi connectivity index (χ4n) is 9.39. The molecule has 2 heterocycles. The van der Waals surface area contributed by atoms with Gasteiger partial charge in [-0.15, -0.1) is 0 Å². The van der Waals surface area contributed by atoms with E-state index in [1.54, 1.807) is 13.0 Å². The molecule has 11 atom stereocenters. The molecule has 4 aliphatic carbocycles. The zero-order valence-electron chi connectivity index (χ0n) is 20.4. The molecular weight excluding hydrogens is 436 g/mol. The van der Waals surface area contributed by atoms with Crippen molar-refractivity contribution in [3.05, 3.63) is 23.5 Å². The van der Waals surface area contributed by atoms with Crippen molar-refractivity contribution in [3.8, 4) is 0 Å². The Kier molecular flexibility index (Phi) is 4.51. The van der Waals surface area contributed by atoms with Crippen molar-refractivity contribution in [2.75, 3.05) is 0 Å². The van der Waals surface area contributed by atoms with Gasteiger partial charge in [-0.25, -0.2) is 4.79 Å². The van der Waals surface area contributed by atoms with E-state index in [2.05, 4.69) is 13.8 Å². The normalized spacial score (nSPS) is 54.5. The predicted molar refractivity (Wildman–Crippen MR) is 121 cm³/mol. The highest BCUT2D eigenvalue weighted by molar-refractivity contribution is 5.98. The van der Waals surface area contributed by atoms with Gasteiger partial charge in [0.1, 0.15) is 17.8 Å². The number of fused-ring (bicyclic) bond motifs is 4. The Morgan fingerprint density at radius 1 is 1.15 bits per heavy atom. The summed E-state index contributed by atoms with van der Waals surface area (Å²) in [7, 11) is 0. The third-order valence-corrected chi connectivity index (χ3v) is 11.5. The van der Waals surface area contributed by atoms with Crippen molar-refractivity contribution in [1.82, 2.24) is 0 Å². The number of rotatable bonds is 2. The van der Waals surface area contributed by atoms with Crippen LogP contribution in [-0.2, 0) is 19.1 Å². The van der Waals surface area contributed by atoms with Crippen LogP contribution in [0.15, 0.2) is 23.5 Å². The molecule has 4 fully saturated rings. The number of aliphatic hydroxyl groups is 3. The zero-order chi connectivity index (χ0) is 24.4. The number of ketones is 1. The summed E-state index contributed by atoms with van der Waals surface area (Å²) in [6, 6.07) is 0. The highest BCUT2D eigenvalue weighted by atomic mass is 16.6. The van der Waals surface area contributed by atoms with Gasteiger partial charge in [-0.2, -0.15) is 0 Å². The molecule has 3 saturated carbocycles. The maximum atomic E-state index is 13.3. The Hall–Kier alpha value is -1.70. The molecule has 0 aromatic heterocycles. The molecule has 1 saturated heterocycles. The van der Waals surface area contributed by atoms with Crippen LogP contribution in [0.2, 0.25) is 0 Å². The van der Waals surface area contributed by atoms with E-state index in [4.69, 9.17) is 9.47 Å². The number of allylic oxidation sites excluding steroid dienone is 1. The molecule has 0 unspecified atom stereocenters. The minimum Gasteiger partial charge on any atom is -0.502 e. The molecule has 0 amide bonds. The lowest BCUT2D eigenvalue weighted by atomic mass is 9.43. The average molecular weight is 473 g/mol. The molecule has 34 heavy (non-hydrogen) atoms. The predicted octanol–water partition coefficient (Wildman–Crippen LogP) is 2.99. The van der Waals surface area contributed by atoms with Crippen molar-refractivity contribution < 1.29 is 34.4 Å². The minimum atomic E-state index is -0.950. The van der Waals surface area contributed by atoms with Gasteiger partial charge in [-0.05, 0) is 92.8 Å². The van der Waals surface area contributed by atoms with Crippen LogP contribution in [-0.4, -0.2) is 56.6 Å². The molecule has 3 N–H and O–H groups in total. The fraction of sp³-hybridized carbons (Fsp3) is 0.778. The van der Waals surface area contributed by atoms with E-state index in [-0.39, 0.29) is 52.8 Å². The SMILES string of the molecule is CC1=C(O)C(=O)O[C@@H]([C@H](C)[C@H]2CC[C@@]3(O)[C@@H]4C[C@H]5O[C@]56[C@@H](O)C=CC(=O)[C@]6(C)[C@H]4CC[C@]23C)C1. The lowest BCUT2D eigenvalue weighted by molar-refractivity contribution is -0.204. The minimum absolute atomic E-state index is 0.00121. The van der Waals surface area contributed by atoms with E-state index in [1.165, 1.54) is 6.08 Å². The Labute approximate surface area is 200 Å². The second kappa shape index (κ2) is 6.74. The van der Waals surface area contributed by atoms with Crippen LogP contribution in [0.25, 0.3) is 0 Å². The summed E-state index contributed by atoms with van der Waals surface area (Å²) < 4.78 is 11.8. The van der Waals surface area contributed by atoms with Crippen molar-refractivity contribution in [2.45, 2.75) is 95.7 Å². The second-order valence-corrected chi connectivity index (χ2v) is 12.4. The first-order valence-corrected chi connectivity index (χ1v) is 12.8. The smallest absolute Gasteiger partial charge is 0.373 e. The zero-order valence-corrected chi connectivity index (χ0v) is 20.4. The maximum absolute atomic E-state index is 13.3. The number of carbonyl (C=O) groups is 2. The van der Waals surface area contributed by atoms with Gasteiger partial charge in [0.25, 0.3) is 0 Å². The number of hydrogen-bond donors (Lipinski definition) is 3. The van der Waals surface area contributed by atoms with Gasteiger partial charge < -0.3 is 24.8 Å². The van der Waals surface area contributed by atoms with Crippen molar-refractivity contribution in [3.63, 3.8) is 0 Å². The number of epoxide rings is 1. The van der Waals surface area contributed by atoms with Gasteiger partial charge >= 0.3 is 5.97 Å². The molecule has 7 heteroatoms.